The van der Waals surface area contributed by atoms with Gasteiger partial charge in [-0.2, -0.15) is 0 Å². The van der Waals surface area contributed by atoms with E-state index in [1.807, 2.05) is 11.8 Å². The summed E-state index contributed by atoms with van der Waals surface area (Å²) in [5.74, 6) is 0. The summed E-state index contributed by atoms with van der Waals surface area (Å²) in [6.07, 6.45) is 2.81. The third-order valence-corrected chi connectivity index (χ3v) is 3.83. The van der Waals surface area contributed by atoms with Gasteiger partial charge in [0.1, 0.15) is 0 Å². The summed E-state index contributed by atoms with van der Waals surface area (Å²) in [6, 6.07) is 0.488. The van der Waals surface area contributed by atoms with Crippen LogP contribution in [0.4, 0.5) is 4.79 Å². The number of hydrogen-bond donors (Lipinski definition) is 2. The monoisotopic (exact) mass is 257 g/mol. The number of rotatable bonds is 4. The smallest absolute Gasteiger partial charge is 0.319 e. The van der Waals surface area contributed by atoms with Crippen molar-refractivity contribution >= 4 is 6.03 Å². The van der Waals surface area contributed by atoms with E-state index in [0.29, 0.717) is 6.04 Å². The molecule has 1 atom stereocenters. The molecule has 18 heavy (non-hydrogen) atoms. The Hall–Kier alpha value is -0.810. The summed E-state index contributed by atoms with van der Waals surface area (Å²) in [7, 11) is 3.57. The van der Waals surface area contributed by atoms with E-state index < -0.39 is 0 Å². The van der Waals surface area contributed by atoms with E-state index in [2.05, 4.69) is 12.2 Å². The number of amides is 2. The largest absolute Gasteiger partial charge is 0.394 e. The van der Waals surface area contributed by atoms with Crippen LogP contribution in [0.5, 0.6) is 0 Å². The highest BCUT2D eigenvalue weighted by atomic mass is 16.3. The molecule has 0 spiro atoms. The highest BCUT2D eigenvalue weighted by Gasteiger charge is 2.29. The molecule has 5 nitrogen and oxygen atoms in total. The quantitative estimate of drug-likeness (QED) is 0.786. The number of carbonyl (C=O) groups is 1. The Balaban J connectivity index is 2.42. The van der Waals surface area contributed by atoms with E-state index in [9.17, 15) is 9.90 Å². The van der Waals surface area contributed by atoms with Crippen LogP contribution in [0.25, 0.3) is 0 Å². The fourth-order valence-electron chi connectivity index (χ4n) is 2.25. The number of nitrogens with zero attached hydrogens (tertiary/aromatic N) is 2. The molecule has 2 amide bonds. The second kappa shape index (κ2) is 6.38. The molecule has 1 aliphatic rings. The minimum atomic E-state index is -0.196. The van der Waals surface area contributed by atoms with E-state index in [0.717, 1.165) is 32.4 Å². The van der Waals surface area contributed by atoms with Gasteiger partial charge in [-0.05, 0) is 26.2 Å². The maximum absolute atomic E-state index is 11.8. The fraction of sp³-hybridized carbons (Fsp3) is 0.923. The van der Waals surface area contributed by atoms with Crippen LogP contribution >= 0.6 is 0 Å². The first-order valence-electron chi connectivity index (χ1n) is 6.76. The van der Waals surface area contributed by atoms with Crippen LogP contribution in [0.2, 0.25) is 0 Å². The summed E-state index contributed by atoms with van der Waals surface area (Å²) in [6.45, 7) is 5.86. The highest BCUT2D eigenvalue weighted by Crippen LogP contribution is 2.17. The zero-order valence-corrected chi connectivity index (χ0v) is 12.1. The average molecular weight is 257 g/mol. The van der Waals surface area contributed by atoms with Crippen molar-refractivity contribution in [1.82, 2.24) is 15.1 Å². The van der Waals surface area contributed by atoms with Gasteiger partial charge in [-0.15, -0.1) is 0 Å². The lowest BCUT2D eigenvalue weighted by Crippen LogP contribution is -2.55. The van der Waals surface area contributed by atoms with Crippen LogP contribution in [0.1, 0.15) is 33.1 Å². The van der Waals surface area contributed by atoms with Gasteiger partial charge in [0, 0.05) is 38.8 Å². The standard InChI is InChI=1S/C13H27N3O2/c1-5-13(2,10-17)14-11-6-8-16(9-7-11)12(18)15(3)4/h11,14,17H,5-10H2,1-4H3. The molecular formula is C13H27N3O2. The molecule has 5 heteroatoms. The van der Waals surface area contributed by atoms with Crippen LogP contribution < -0.4 is 5.32 Å². The molecular weight excluding hydrogens is 230 g/mol. The van der Waals surface area contributed by atoms with Gasteiger partial charge in [-0.1, -0.05) is 6.92 Å². The Bertz CT molecular complexity index is 269. The van der Waals surface area contributed by atoms with Crippen molar-refractivity contribution in [1.29, 1.82) is 0 Å². The molecule has 1 aliphatic heterocycles. The second-order valence-corrected chi connectivity index (χ2v) is 5.65. The minimum absolute atomic E-state index is 0.0915. The molecule has 0 saturated carbocycles. The van der Waals surface area contributed by atoms with Crippen molar-refractivity contribution in [2.75, 3.05) is 33.8 Å². The number of aliphatic hydroxyl groups is 1. The number of carbonyl (C=O) groups excluding carboxylic acids is 1. The summed E-state index contributed by atoms with van der Waals surface area (Å²) in [5.41, 5.74) is -0.196. The lowest BCUT2D eigenvalue weighted by Gasteiger charge is -2.38. The highest BCUT2D eigenvalue weighted by molar-refractivity contribution is 5.73. The first kappa shape index (κ1) is 15.2. The van der Waals surface area contributed by atoms with Gasteiger partial charge in [0.2, 0.25) is 0 Å². The lowest BCUT2D eigenvalue weighted by molar-refractivity contribution is 0.122. The second-order valence-electron chi connectivity index (χ2n) is 5.65. The third-order valence-electron chi connectivity index (χ3n) is 3.83. The zero-order valence-electron chi connectivity index (χ0n) is 12.1. The predicted octanol–water partition coefficient (Wildman–Crippen LogP) is 0.883. The normalized spacial score (nSPS) is 20.6. The van der Waals surface area contributed by atoms with Gasteiger partial charge in [-0.25, -0.2) is 4.79 Å². The predicted molar refractivity (Wildman–Crippen MR) is 72.6 cm³/mol. The van der Waals surface area contributed by atoms with Crippen LogP contribution in [-0.4, -0.2) is 66.3 Å². The van der Waals surface area contributed by atoms with Crippen molar-refractivity contribution in [2.45, 2.75) is 44.7 Å². The van der Waals surface area contributed by atoms with Crippen LogP contribution in [0.3, 0.4) is 0 Å². The maximum Gasteiger partial charge on any atom is 0.319 e. The molecule has 1 saturated heterocycles. The van der Waals surface area contributed by atoms with Crippen molar-refractivity contribution in [3.05, 3.63) is 0 Å². The van der Waals surface area contributed by atoms with Gasteiger partial charge in [0.25, 0.3) is 0 Å². The Morgan fingerprint density at radius 1 is 1.44 bits per heavy atom. The SMILES string of the molecule is CCC(C)(CO)NC1CCN(C(=O)N(C)C)CC1. The van der Waals surface area contributed by atoms with E-state index in [-0.39, 0.29) is 18.2 Å². The zero-order chi connectivity index (χ0) is 13.8. The fourth-order valence-corrected chi connectivity index (χ4v) is 2.25. The average Bonchev–Trinajstić information content (AvgIpc) is 2.38. The van der Waals surface area contributed by atoms with Gasteiger partial charge in [-0.3, -0.25) is 0 Å². The molecule has 0 aromatic rings. The first-order chi connectivity index (χ1) is 8.41. The molecule has 0 aromatic heterocycles. The number of aliphatic hydroxyl groups excluding tert-OH is 1. The van der Waals surface area contributed by atoms with Crippen molar-refractivity contribution in [3.63, 3.8) is 0 Å². The molecule has 0 bridgehead atoms. The number of likely N-dealkylation sites (tertiary alicyclic amines) is 1. The van der Waals surface area contributed by atoms with Crippen molar-refractivity contribution in [3.8, 4) is 0 Å². The number of hydrogen-bond acceptors (Lipinski definition) is 3. The van der Waals surface area contributed by atoms with E-state index >= 15 is 0 Å². The van der Waals surface area contributed by atoms with Gasteiger partial charge in [0.05, 0.1) is 6.61 Å². The van der Waals surface area contributed by atoms with E-state index in [1.165, 1.54) is 0 Å². The van der Waals surface area contributed by atoms with Gasteiger partial charge >= 0.3 is 6.03 Å². The molecule has 0 aliphatic carbocycles. The Morgan fingerprint density at radius 3 is 2.39 bits per heavy atom. The summed E-state index contributed by atoms with van der Waals surface area (Å²) in [4.78, 5) is 15.3. The topological polar surface area (TPSA) is 55.8 Å². The van der Waals surface area contributed by atoms with E-state index in [4.69, 9.17) is 0 Å². The van der Waals surface area contributed by atoms with Crippen molar-refractivity contribution < 1.29 is 9.90 Å². The maximum atomic E-state index is 11.8. The summed E-state index contributed by atoms with van der Waals surface area (Å²) < 4.78 is 0. The van der Waals surface area contributed by atoms with Gasteiger partial charge < -0.3 is 20.2 Å². The minimum Gasteiger partial charge on any atom is -0.394 e. The summed E-state index contributed by atoms with van der Waals surface area (Å²) >= 11 is 0. The lowest BCUT2D eigenvalue weighted by atomic mass is 9.95. The molecule has 2 N–H and O–H groups in total. The van der Waals surface area contributed by atoms with Gasteiger partial charge in [0.15, 0.2) is 0 Å². The molecule has 0 radical (unpaired) electrons. The Labute approximate surface area is 110 Å². The molecule has 106 valence electrons. The Kier molecular flexibility index (Phi) is 5.41. The molecule has 1 fully saturated rings. The summed E-state index contributed by atoms with van der Waals surface area (Å²) in [5, 5.41) is 12.9. The van der Waals surface area contributed by atoms with Crippen LogP contribution in [-0.2, 0) is 0 Å². The Morgan fingerprint density at radius 2 is 2.00 bits per heavy atom. The van der Waals surface area contributed by atoms with Crippen LogP contribution in [0, 0.1) is 0 Å². The number of piperidine rings is 1. The number of urea groups is 1. The van der Waals surface area contributed by atoms with Crippen LogP contribution in [0.15, 0.2) is 0 Å². The third kappa shape index (κ3) is 3.85. The molecule has 1 rings (SSSR count). The molecule has 1 unspecified atom stereocenters. The molecule has 1 heterocycles. The van der Waals surface area contributed by atoms with E-state index in [1.54, 1.807) is 19.0 Å². The number of nitrogens with one attached hydrogen (secondary N) is 1. The van der Waals surface area contributed by atoms with Crippen molar-refractivity contribution in [2.24, 2.45) is 0 Å². The molecule has 0 aromatic carbocycles. The first-order valence-corrected chi connectivity index (χ1v) is 6.76.